The fourth-order valence-corrected chi connectivity index (χ4v) is 3.99. The van der Waals surface area contributed by atoms with Crippen LogP contribution in [0.3, 0.4) is 0 Å². The molecule has 1 N–H and O–H groups in total. The van der Waals surface area contributed by atoms with E-state index in [4.69, 9.17) is 15.4 Å². The highest BCUT2D eigenvalue weighted by Gasteiger charge is 2.21. The standard InChI is InChI=1S/C18H19ClN6O4S/c1-3-7-24-16-14(17-23-20-10-25(17)18(24)26)21-15(22-16)12-9-11(30(19,27)28)5-6-13(12)29-8-4-2/h5-6,9-10H,3-4,7-8H2,1-2H3,(H,21,22). The quantitative estimate of drug-likeness (QED) is 0.429. The van der Waals surface area contributed by atoms with Crippen molar-refractivity contribution < 1.29 is 13.2 Å². The lowest BCUT2D eigenvalue weighted by atomic mass is 10.2. The summed E-state index contributed by atoms with van der Waals surface area (Å²) >= 11 is 0. The average molecular weight is 451 g/mol. The van der Waals surface area contributed by atoms with Gasteiger partial charge >= 0.3 is 5.69 Å². The molecular weight excluding hydrogens is 432 g/mol. The number of nitrogens with zero attached hydrogens (tertiary/aromatic N) is 5. The third-order valence-corrected chi connectivity index (χ3v) is 5.90. The van der Waals surface area contributed by atoms with Crippen molar-refractivity contribution in [3.8, 4) is 17.1 Å². The van der Waals surface area contributed by atoms with E-state index in [0.717, 1.165) is 12.8 Å². The summed E-state index contributed by atoms with van der Waals surface area (Å²) in [6, 6.07) is 4.32. The van der Waals surface area contributed by atoms with Gasteiger partial charge in [0.1, 0.15) is 23.4 Å². The molecule has 1 aromatic carbocycles. The highest BCUT2D eigenvalue weighted by atomic mass is 35.7. The number of ether oxygens (including phenoxy) is 1. The molecule has 12 heteroatoms. The second-order valence-electron chi connectivity index (χ2n) is 6.69. The number of hydrogen-bond donors (Lipinski definition) is 1. The molecule has 0 atom stereocenters. The summed E-state index contributed by atoms with van der Waals surface area (Å²) < 4.78 is 32.4. The van der Waals surface area contributed by atoms with Crippen LogP contribution < -0.4 is 10.4 Å². The van der Waals surface area contributed by atoms with Crippen molar-refractivity contribution >= 4 is 36.5 Å². The summed E-state index contributed by atoms with van der Waals surface area (Å²) in [5.74, 6) is 0.778. The van der Waals surface area contributed by atoms with Crippen LogP contribution in [-0.4, -0.2) is 44.2 Å². The van der Waals surface area contributed by atoms with Crippen LogP contribution in [0.15, 0.2) is 34.2 Å². The molecule has 0 aliphatic heterocycles. The number of H-pyrrole nitrogens is 1. The number of aryl methyl sites for hydroxylation is 1. The molecule has 0 bridgehead atoms. The van der Waals surface area contributed by atoms with Crippen LogP contribution in [0.5, 0.6) is 5.75 Å². The minimum absolute atomic E-state index is 0.0814. The van der Waals surface area contributed by atoms with Crippen molar-refractivity contribution in [2.45, 2.75) is 38.1 Å². The van der Waals surface area contributed by atoms with Gasteiger partial charge in [0.15, 0.2) is 11.3 Å². The number of rotatable bonds is 7. The number of aromatic amines is 1. The van der Waals surface area contributed by atoms with Gasteiger partial charge in [-0.3, -0.25) is 4.57 Å². The maximum Gasteiger partial charge on any atom is 0.336 e. The normalized spacial score (nSPS) is 12.1. The zero-order valence-electron chi connectivity index (χ0n) is 16.3. The predicted molar refractivity (Wildman–Crippen MR) is 111 cm³/mol. The van der Waals surface area contributed by atoms with E-state index in [1.807, 2.05) is 13.8 Å². The Balaban J connectivity index is 2.01. The highest BCUT2D eigenvalue weighted by molar-refractivity contribution is 8.13. The van der Waals surface area contributed by atoms with Gasteiger partial charge in [-0.1, -0.05) is 13.8 Å². The van der Waals surface area contributed by atoms with E-state index in [-0.39, 0.29) is 10.6 Å². The van der Waals surface area contributed by atoms with Gasteiger partial charge in [-0.2, -0.15) is 0 Å². The maximum absolute atomic E-state index is 12.8. The summed E-state index contributed by atoms with van der Waals surface area (Å²) in [6.07, 6.45) is 2.83. The molecule has 0 radical (unpaired) electrons. The number of imidazole rings is 1. The summed E-state index contributed by atoms with van der Waals surface area (Å²) in [4.78, 5) is 20.5. The summed E-state index contributed by atoms with van der Waals surface area (Å²) in [6.45, 7) is 4.80. The van der Waals surface area contributed by atoms with Crippen LogP contribution in [0.25, 0.3) is 28.2 Å². The molecule has 10 nitrogen and oxygen atoms in total. The Morgan fingerprint density at radius 2 is 2.00 bits per heavy atom. The second-order valence-corrected chi connectivity index (χ2v) is 9.25. The first kappa shape index (κ1) is 20.4. The Morgan fingerprint density at radius 1 is 1.20 bits per heavy atom. The molecule has 30 heavy (non-hydrogen) atoms. The highest BCUT2D eigenvalue weighted by Crippen LogP contribution is 2.33. The van der Waals surface area contributed by atoms with Crippen molar-refractivity contribution in [2.75, 3.05) is 6.61 Å². The molecule has 0 saturated heterocycles. The first-order chi connectivity index (χ1) is 14.3. The van der Waals surface area contributed by atoms with Gasteiger partial charge in [-0.05, 0) is 31.0 Å². The molecule has 0 aliphatic carbocycles. The Kier molecular flexibility index (Phi) is 5.24. The summed E-state index contributed by atoms with van der Waals surface area (Å²) in [7, 11) is 1.58. The number of halogens is 1. The molecule has 0 unspecified atom stereocenters. The van der Waals surface area contributed by atoms with Crippen LogP contribution in [0.4, 0.5) is 0 Å². The molecular formula is C18H19ClN6O4S. The lowest BCUT2D eigenvalue weighted by Crippen LogP contribution is -2.26. The van der Waals surface area contributed by atoms with Crippen molar-refractivity contribution in [3.05, 3.63) is 35.0 Å². The Hall–Kier alpha value is -2.92. The first-order valence-electron chi connectivity index (χ1n) is 9.39. The Morgan fingerprint density at radius 3 is 2.70 bits per heavy atom. The molecule has 0 amide bonds. The van der Waals surface area contributed by atoms with Crippen LogP contribution in [0, 0.1) is 0 Å². The van der Waals surface area contributed by atoms with E-state index in [9.17, 15) is 13.2 Å². The molecule has 0 aliphatic rings. The van der Waals surface area contributed by atoms with E-state index in [1.54, 1.807) is 6.07 Å². The van der Waals surface area contributed by atoms with Crippen LogP contribution in [0.1, 0.15) is 26.7 Å². The summed E-state index contributed by atoms with van der Waals surface area (Å²) in [5.41, 5.74) is 1.35. The van der Waals surface area contributed by atoms with Gasteiger partial charge in [-0.15, -0.1) is 10.2 Å². The third kappa shape index (κ3) is 3.43. The smallest absolute Gasteiger partial charge is 0.336 e. The maximum atomic E-state index is 12.8. The molecule has 0 spiro atoms. The van der Waals surface area contributed by atoms with E-state index in [0.29, 0.717) is 47.1 Å². The Labute approximate surface area is 175 Å². The molecule has 0 saturated carbocycles. The van der Waals surface area contributed by atoms with Crippen LogP contribution in [-0.2, 0) is 15.6 Å². The minimum Gasteiger partial charge on any atom is -0.493 e. The molecule has 4 rings (SSSR count). The molecule has 3 aromatic heterocycles. The lowest BCUT2D eigenvalue weighted by Gasteiger charge is -2.10. The van der Waals surface area contributed by atoms with Gasteiger partial charge in [0.05, 0.1) is 17.1 Å². The molecule has 158 valence electrons. The van der Waals surface area contributed by atoms with E-state index < -0.39 is 9.05 Å². The van der Waals surface area contributed by atoms with Gasteiger partial charge < -0.3 is 9.72 Å². The Bertz CT molecular complexity index is 1410. The van der Waals surface area contributed by atoms with Gasteiger partial charge in [0.25, 0.3) is 9.05 Å². The number of fused-ring (bicyclic) bond motifs is 3. The van der Waals surface area contributed by atoms with Gasteiger partial charge in [0, 0.05) is 17.2 Å². The SMILES string of the molecule is CCCOc1ccc(S(=O)(=O)Cl)cc1-c1nc2c([nH]1)c1nncn1c(=O)n2CCC. The third-order valence-electron chi connectivity index (χ3n) is 4.55. The van der Waals surface area contributed by atoms with E-state index in [1.165, 1.54) is 27.4 Å². The fraction of sp³-hybridized carbons (Fsp3) is 0.333. The largest absolute Gasteiger partial charge is 0.493 e. The van der Waals surface area contributed by atoms with E-state index >= 15 is 0 Å². The number of aromatic nitrogens is 6. The van der Waals surface area contributed by atoms with Crippen LogP contribution >= 0.6 is 10.7 Å². The zero-order valence-corrected chi connectivity index (χ0v) is 17.9. The van der Waals surface area contributed by atoms with Crippen molar-refractivity contribution in [3.63, 3.8) is 0 Å². The lowest BCUT2D eigenvalue weighted by molar-refractivity contribution is 0.318. The molecule has 4 aromatic rings. The number of benzene rings is 1. The number of hydrogen-bond acceptors (Lipinski definition) is 7. The monoisotopic (exact) mass is 450 g/mol. The topological polar surface area (TPSA) is 124 Å². The van der Waals surface area contributed by atoms with Gasteiger partial charge in [-0.25, -0.2) is 22.6 Å². The molecule has 3 heterocycles. The summed E-state index contributed by atoms with van der Waals surface area (Å²) in [5, 5.41) is 7.86. The van der Waals surface area contributed by atoms with Crippen LogP contribution in [0.2, 0.25) is 0 Å². The zero-order chi connectivity index (χ0) is 21.5. The van der Waals surface area contributed by atoms with Crippen molar-refractivity contribution in [2.24, 2.45) is 0 Å². The second kappa shape index (κ2) is 7.73. The minimum atomic E-state index is -3.96. The van der Waals surface area contributed by atoms with Crippen molar-refractivity contribution in [1.29, 1.82) is 0 Å². The fourth-order valence-electron chi connectivity index (χ4n) is 3.22. The number of nitrogens with one attached hydrogen (secondary N) is 1. The van der Waals surface area contributed by atoms with E-state index in [2.05, 4.69) is 20.2 Å². The average Bonchev–Trinajstić information content (AvgIpc) is 3.36. The molecule has 0 fully saturated rings. The predicted octanol–water partition coefficient (Wildman–Crippen LogP) is 2.56. The van der Waals surface area contributed by atoms with Crippen molar-refractivity contribution in [1.82, 2.24) is 29.1 Å². The van der Waals surface area contributed by atoms with Gasteiger partial charge in [0.2, 0.25) is 0 Å². The first-order valence-corrected chi connectivity index (χ1v) is 11.7.